The predicted octanol–water partition coefficient (Wildman–Crippen LogP) is 0.0754. The topological polar surface area (TPSA) is 88.6 Å². The molecule has 0 saturated heterocycles. The van der Waals surface area contributed by atoms with Crippen LogP contribution < -0.4 is 11.1 Å². The minimum atomic E-state index is -0.354. The largest absolute Gasteiger partial charge is 0.452 e. The molecule has 94 valence electrons. The number of hydrogen-bond donors (Lipinski definition) is 2. The van der Waals surface area contributed by atoms with E-state index in [1.165, 1.54) is 4.90 Å². The summed E-state index contributed by atoms with van der Waals surface area (Å²) >= 11 is 3.18. The number of nitrogens with zero attached hydrogens (tertiary/aromatic N) is 1. The molecule has 0 aromatic carbocycles. The van der Waals surface area contributed by atoms with Gasteiger partial charge in [0.25, 0.3) is 0 Å². The summed E-state index contributed by atoms with van der Waals surface area (Å²) < 4.78 is 5.88. The molecule has 0 aliphatic heterocycles. The first-order chi connectivity index (χ1) is 8.02. The van der Waals surface area contributed by atoms with E-state index in [1.54, 1.807) is 19.2 Å². The number of carbonyl (C=O) groups excluding carboxylic acids is 2. The van der Waals surface area contributed by atoms with Crippen molar-refractivity contribution in [1.29, 1.82) is 0 Å². The lowest BCUT2D eigenvalue weighted by atomic mass is 10.4. The predicted molar refractivity (Wildman–Crippen MR) is 64.9 cm³/mol. The minimum Gasteiger partial charge on any atom is -0.452 e. The molecule has 1 aromatic rings. The molecule has 0 fully saturated rings. The Kier molecular flexibility index (Phi) is 5.17. The molecular formula is C10H14BrN3O3. The van der Waals surface area contributed by atoms with Crippen molar-refractivity contribution in [2.24, 2.45) is 5.73 Å². The van der Waals surface area contributed by atoms with Crippen LogP contribution in [0, 0.1) is 0 Å². The van der Waals surface area contributed by atoms with Crippen LogP contribution >= 0.6 is 15.9 Å². The zero-order valence-corrected chi connectivity index (χ0v) is 11.0. The van der Waals surface area contributed by atoms with Crippen LogP contribution in [-0.2, 0) is 16.1 Å². The van der Waals surface area contributed by atoms with Gasteiger partial charge in [-0.25, -0.2) is 0 Å². The molecule has 1 rings (SSSR count). The van der Waals surface area contributed by atoms with Gasteiger partial charge in [0.2, 0.25) is 11.8 Å². The third-order valence-electron chi connectivity index (χ3n) is 2.07. The van der Waals surface area contributed by atoms with E-state index < -0.39 is 0 Å². The van der Waals surface area contributed by atoms with Gasteiger partial charge in [-0.2, -0.15) is 0 Å². The lowest BCUT2D eigenvalue weighted by molar-refractivity contribution is -0.132. The summed E-state index contributed by atoms with van der Waals surface area (Å²) in [5, 5.41) is 2.41. The average molecular weight is 304 g/mol. The summed E-state index contributed by atoms with van der Waals surface area (Å²) in [6.07, 6.45) is 0. The van der Waals surface area contributed by atoms with Gasteiger partial charge in [0.05, 0.1) is 19.6 Å². The van der Waals surface area contributed by atoms with Crippen LogP contribution in [0.5, 0.6) is 0 Å². The van der Waals surface area contributed by atoms with Crippen molar-refractivity contribution >= 4 is 27.7 Å². The lowest BCUT2D eigenvalue weighted by Gasteiger charge is -2.15. The maximum atomic E-state index is 11.6. The van der Waals surface area contributed by atoms with Crippen molar-refractivity contribution in [1.82, 2.24) is 10.2 Å². The van der Waals surface area contributed by atoms with Crippen LogP contribution in [0.4, 0.5) is 0 Å². The summed E-state index contributed by atoms with van der Waals surface area (Å²) in [4.78, 5) is 23.9. The van der Waals surface area contributed by atoms with Crippen LogP contribution in [0.25, 0.3) is 0 Å². The Bertz CT molecular complexity index is 405. The number of likely N-dealkylation sites (N-methyl/N-ethyl adjacent to an activating group) is 1. The summed E-state index contributed by atoms with van der Waals surface area (Å²) in [5.74, 6) is 0.102. The van der Waals surface area contributed by atoms with E-state index in [0.717, 1.165) is 0 Å². The van der Waals surface area contributed by atoms with E-state index in [1.807, 2.05) is 0 Å². The number of rotatable bonds is 5. The Labute approximate surface area is 107 Å². The number of furan rings is 1. The summed E-state index contributed by atoms with van der Waals surface area (Å²) in [7, 11) is 1.63. The van der Waals surface area contributed by atoms with Crippen LogP contribution in [0.1, 0.15) is 5.76 Å². The maximum absolute atomic E-state index is 11.6. The van der Waals surface area contributed by atoms with Gasteiger partial charge in [-0.3, -0.25) is 9.59 Å². The van der Waals surface area contributed by atoms with Gasteiger partial charge in [-0.05, 0) is 28.1 Å². The monoisotopic (exact) mass is 303 g/mol. The molecule has 0 unspecified atom stereocenters. The number of amides is 2. The van der Waals surface area contributed by atoms with E-state index in [2.05, 4.69) is 21.2 Å². The molecule has 0 atom stereocenters. The van der Waals surface area contributed by atoms with Gasteiger partial charge < -0.3 is 20.4 Å². The zero-order chi connectivity index (χ0) is 12.8. The molecule has 1 heterocycles. The molecule has 7 heteroatoms. The van der Waals surface area contributed by atoms with Gasteiger partial charge in [-0.1, -0.05) is 0 Å². The maximum Gasteiger partial charge on any atom is 0.242 e. The molecule has 1 aromatic heterocycles. The third-order valence-corrected chi connectivity index (χ3v) is 2.50. The Hall–Kier alpha value is -1.34. The molecule has 0 spiro atoms. The first kappa shape index (κ1) is 13.7. The quantitative estimate of drug-likeness (QED) is 0.806. The number of halogens is 1. The van der Waals surface area contributed by atoms with Crippen molar-refractivity contribution in [3.05, 3.63) is 22.6 Å². The van der Waals surface area contributed by atoms with Gasteiger partial charge in [-0.15, -0.1) is 0 Å². The van der Waals surface area contributed by atoms with E-state index in [-0.39, 0.29) is 24.9 Å². The van der Waals surface area contributed by atoms with Gasteiger partial charge in [0.1, 0.15) is 5.76 Å². The fraction of sp³-hybridized carbons (Fsp3) is 0.400. The first-order valence-electron chi connectivity index (χ1n) is 4.98. The standard InChI is InChI=1S/C10H14BrN3O3/c1-14(6-7-2-3-8(11)17-7)10(16)5-13-9(15)4-12/h2-3H,4-6,12H2,1H3,(H,13,15). The highest BCUT2D eigenvalue weighted by Gasteiger charge is 2.11. The van der Waals surface area contributed by atoms with Crippen LogP contribution in [-0.4, -0.2) is 36.9 Å². The van der Waals surface area contributed by atoms with Gasteiger partial charge in [0.15, 0.2) is 4.67 Å². The molecule has 0 saturated carbocycles. The second-order valence-electron chi connectivity index (χ2n) is 3.44. The van der Waals surface area contributed by atoms with Crippen molar-refractivity contribution in [3.63, 3.8) is 0 Å². The van der Waals surface area contributed by atoms with Crippen molar-refractivity contribution in [2.75, 3.05) is 20.1 Å². The Balaban J connectivity index is 2.39. The number of hydrogen-bond acceptors (Lipinski definition) is 4. The number of carbonyl (C=O) groups is 2. The highest BCUT2D eigenvalue weighted by Crippen LogP contribution is 2.15. The van der Waals surface area contributed by atoms with Crippen LogP contribution in [0.3, 0.4) is 0 Å². The van der Waals surface area contributed by atoms with E-state index in [0.29, 0.717) is 17.0 Å². The first-order valence-corrected chi connectivity index (χ1v) is 5.77. The third kappa shape index (κ3) is 4.58. The molecule has 0 bridgehead atoms. The summed E-state index contributed by atoms with van der Waals surface area (Å²) in [5.41, 5.74) is 5.10. The molecule has 17 heavy (non-hydrogen) atoms. The van der Waals surface area contributed by atoms with Crippen LogP contribution in [0.2, 0.25) is 0 Å². The zero-order valence-electron chi connectivity index (χ0n) is 9.40. The van der Waals surface area contributed by atoms with Crippen molar-refractivity contribution in [3.8, 4) is 0 Å². The Morgan fingerprint density at radius 3 is 2.76 bits per heavy atom. The fourth-order valence-corrected chi connectivity index (χ4v) is 1.48. The number of nitrogens with two attached hydrogens (primary N) is 1. The molecule has 6 nitrogen and oxygen atoms in total. The summed E-state index contributed by atoms with van der Waals surface area (Å²) in [6.45, 7) is 0.166. The molecule has 0 aliphatic carbocycles. The second-order valence-corrected chi connectivity index (χ2v) is 4.22. The van der Waals surface area contributed by atoms with Crippen molar-refractivity contribution in [2.45, 2.75) is 6.54 Å². The number of nitrogens with one attached hydrogen (secondary N) is 1. The van der Waals surface area contributed by atoms with E-state index >= 15 is 0 Å². The Morgan fingerprint density at radius 2 is 2.24 bits per heavy atom. The van der Waals surface area contributed by atoms with Gasteiger partial charge in [0, 0.05) is 7.05 Å². The van der Waals surface area contributed by atoms with Gasteiger partial charge >= 0.3 is 0 Å². The normalized spacial score (nSPS) is 10.1. The fourth-order valence-electron chi connectivity index (χ4n) is 1.14. The highest BCUT2D eigenvalue weighted by molar-refractivity contribution is 9.10. The minimum absolute atomic E-state index is 0.0611. The van der Waals surface area contributed by atoms with Crippen LogP contribution in [0.15, 0.2) is 21.2 Å². The smallest absolute Gasteiger partial charge is 0.242 e. The SMILES string of the molecule is CN(Cc1ccc(Br)o1)C(=O)CNC(=O)CN. The molecule has 2 amide bonds. The summed E-state index contributed by atoms with van der Waals surface area (Å²) in [6, 6.07) is 3.52. The second kappa shape index (κ2) is 6.41. The Morgan fingerprint density at radius 1 is 1.53 bits per heavy atom. The van der Waals surface area contributed by atoms with E-state index in [4.69, 9.17) is 10.2 Å². The highest BCUT2D eigenvalue weighted by atomic mass is 79.9. The molecule has 0 radical (unpaired) electrons. The molecular weight excluding hydrogens is 290 g/mol. The average Bonchev–Trinajstić information content (AvgIpc) is 2.70. The lowest BCUT2D eigenvalue weighted by Crippen LogP contribution is -2.40. The van der Waals surface area contributed by atoms with Crippen molar-refractivity contribution < 1.29 is 14.0 Å². The molecule has 3 N–H and O–H groups in total. The molecule has 0 aliphatic rings. The van der Waals surface area contributed by atoms with E-state index in [9.17, 15) is 9.59 Å².